The van der Waals surface area contributed by atoms with Crippen LogP contribution in [0.5, 0.6) is 11.5 Å². The predicted molar refractivity (Wildman–Crippen MR) is 93.9 cm³/mol. The second-order valence-electron chi connectivity index (χ2n) is 5.43. The number of rotatable bonds is 6. The van der Waals surface area contributed by atoms with Gasteiger partial charge in [0.05, 0.1) is 24.9 Å². The lowest BCUT2D eigenvalue weighted by molar-refractivity contribution is 0.194. The third-order valence-electron chi connectivity index (χ3n) is 3.69. The molecule has 0 fully saturated rings. The molecule has 0 unspecified atom stereocenters. The minimum absolute atomic E-state index is 0.110. The molecule has 0 aliphatic rings. The zero-order valence-electron chi connectivity index (χ0n) is 13.7. The van der Waals surface area contributed by atoms with Crippen molar-refractivity contribution in [3.63, 3.8) is 0 Å². The first-order valence-electron chi connectivity index (χ1n) is 7.77. The van der Waals surface area contributed by atoms with Gasteiger partial charge in [-0.05, 0) is 23.8 Å². The van der Waals surface area contributed by atoms with E-state index >= 15 is 0 Å². The number of amides is 1. The van der Waals surface area contributed by atoms with Crippen LogP contribution in [-0.2, 0) is 13.2 Å². The summed E-state index contributed by atoms with van der Waals surface area (Å²) in [6.07, 6.45) is -1.09. The molecule has 0 aliphatic carbocycles. The van der Waals surface area contributed by atoms with Crippen LogP contribution in [-0.4, -0.2) is 23.3 Å². The number of pyridine rings is 1. The Morgan fingerprint density at radius 1 is 1.16 bits per heavy atom. The molecule has 0 bridgehead atoms. The Morgan fingerprint density at radius 2 is 1.96 bits per heavy atom. The van der Waals surface area contributed by atoms with Crippen molar-refractivity contribution in [1.29, 1.82) is 0 Å². The quantitative estimate of drug-likeness (QED) is 0.718. The van der Waals surface area contributed by atoms with Gasteiger partial charge in [-0.25, -0.2) is 4.79 Å². The van der Waals surface area contributed by atoms with Crippen LogP contribution in [0.1, 0.15) is 11.3 Å². The lowest BCUT2D eigenvalue weighted by atomic mass is 10.1. The summed E-state index contributed by atoms with van der Waals surface area (Å²) in [5.74, 6) is 1.34. The highest BCUT2D eigenvalue weighted by Crippen LogP contribution is 2.29. The number of nitrogens with zero attached hydrogens (tertiary/aromatic N) is 1. The number of carbonyl (C=O) groups is 1. The third-order valence-corrected chi connectivity index (χ3v) is 3.69. The van der Waals surface area contributed by atoms with Crippen LogP contribution >= 0.6 is 0 Å². The van der Waals surface area contributed by atoms with Crippen molar-refractivity contribution in [3.05, 3.63) is 65.9 Å². The fourth-order valence-corrected chi connectivity index (χ4v) is 2.46. The van der Waals surface area contributed by atoms with E-state index in [0.29, 0.717) is 29.3 Å². The molecule has 2 aromatic carbocycles. The van der Waals surface area contributed by atoms with Crippen molar-refractivity contribution in [2.24, 2.45) is 0 Å². The number of nitrogens with one attached hydrogen (secondary N) is 1. The molecule has 1 amide bonds. The van der Waals surface area contributed by atoms with E-state index in [1.165, 1.54) is 0 Å². The Balaban J connectivity index is 1.94. The largest absolute Gasteiger partial charge is 0.497 e. The standard InChI is InChI=1S/C19H18N2O4/c1-24-15-7-8-17-16(10-15)18(9-14(21-17)11-20-19(22)23)25-12-13-5-3-2-4-6-13/h2-10,20H,11-12H2,1H3,(H,22,23). The number of carboxylic acid groups (broad SMARTS) is 1. The minimum Gasteiger partial charge on any atom is -0.497 e. The molecule has 2 N–H and O–H groups in total. The fourth-order valence-electron chi connectivity index (χ4n) is 2.46. The van der Waals surface area contributed by atoms with Gasteiger partial charge in [0.1, 0.15) is 18.1 Å². The van der Waals surface area contributed by atoms with Gasteiger partial charge in [-0.1, -0.05) is 30.3 Å². The van der Waals surface area contributed by atoms with Gasteiger partial charge in [0.15, 0.2) is 0 Å². The Kier molecular flexibility index (Phi) is 4.99. The molecule has 25 heavy (non-hydrogen) atoms. The van der Waals surface area contributed by atoms with E-state index in [1.54, 1.807) is 13.2 Å². The monoisotopic (exact) mass is 338 g/mol. The predicted octanol–water partition coefficient (Wildman–Crippen LogP) is 3.59. The first-order chi connectivity index (χ1) is 12.2. The van der Waals surface area contributed by atoms with Crippen LogP contribution in [0.3, 0.4) is 0 Å². The van der Waals surface area contributed by atoms with Gasteiger partial charge in [0.2, 0.25) is 0 Å². The molecular weight excluding hydrogens is 320 g/mol. The molecule has 6 nitrogen and oxygen atoms in total. The average molecular weight is 338 g/mol. The molecule has 0 spiro atoms. The number of benzene rings is 2. The van der Waals surface area contributed by atoms with Gasteiger partial charge in [-0.3, -0.25) is 4.98 Å². The van der Waals surface area contributed by atoms with Crippen molar-refractivity contribution in [2.75, 3.05) is 7.11 Å². The molecular formula is C19H18N2O4. The highest BCUT2D eigenvalue weighted by Gasteiger charge is 2.10. The van der Waals surface area contributed by atoms with E-state index in [9.17, 15) is 4.79 Å². The third kappa shape index (κ3) is 4.17. The van der Waals surface area contributed by atoms with Crippen molar-refractivity contribution in [2.45, 2.75) is 13.2 Å². The summed E-state index contributed by atoms with van der Waals surface area (Å²) in [7, 11) is 1.60. The highest BCUT2D eigenvalue weighted by atomic mass is 16.5. The smallest absolute Gasteiger partial charge is 0.404 e. The van der Waals surface area contributed by atoms with Crippen LogP contribution in [0.2, 0.25) is 0 Å². The Hall–Kier alpha value is -3.28. The van der Waals surface area contributed by atoms with E-state index < -0.39 is 6.09 Å². The zero-order valence-corrected chi connectivity index (χ0v) is 13.7. The summed E-state index contributed by atoms with van der Waals surface area (Å²) in [6.45, 7) is 0.516. The Morgan fingerprint density at radius 3 is 2.68 bits per heavy atom. The average Bonchev–Trinajstić information content (AvgIpc) is 2.64. The van der Waals surface area contributed by atoms with Gasteiger partial charge >= 0.3 is 6.09 Å². The molecule has 1 heterocycles. The second kappa shape index (κ2) is 7.53. The first-order valence-corrected chi connectivity index (χ1v) is 7.77. The number of methoxy groups -OCH3 is 1. The summed E-state index contributed by atoms with van der Waals surface area (Å²) in [6, 6.07) is 17.1. The molecule has 128 valence electrons. The Bertz CT molecular complexity index is 881. The Labute approximate surface area is 145 Å². The lowest BCUT2D eigenvalue weighted by Gasteiger charge is -2.12. The van der Waals surface area contributed by atoms with Crippen molar-refractivity contribution < 1.29 is 19.4 Å². The molecule has 6 heteroatoms. The maximum absolute atomic E-state index is 10.7. The number of fused-ring (bicyclic) bond motifs is 1. The molecule has 3 aromatic rings. The maximum Gasteiger partial charge on any atom is 0.404 e. The first kappa shape index (κ1) is 16.6. The zero-order chi connectivity index (χ0) is 17.6. The van der Waals surface area contributed by atoms with Crippen LogP contribution in [0.25, 0.3) is 10.9 Å². The van der Waals surface area contributed by atoms with Gasteiger partial charge in [0, 0.05) is 11.5 Å². The summed E-state index contributed by atoms with van der Waals surface area (Å²) < 4.78 is 11.3. The van der Waals surface area contributed by atoms with E-state index in [2.05, 4.69) is 10.3 Å². The number of hydrogen-bond donors (Lipinski definition) is 2. The normalized spacial score (nSPS) is 10.4. The van der Waals surface area contributed by atoms with Crippen molar-refractivity contribution >= 4 is 17.0 Å². The topological polar surface area (TPSA) is 80.7 Å². The molecule has 0 saturated heterocycles. The molecule has 0 atom stereocenters. The minimum atomic E-state index is -1.09. The van der Waals surface area contributed by atoms with Crippen molar-refractivity contribution in [3.8, 4) is 11.5 Å². The summed E-state index contributed by atoms with van der Waals surface area (Å²) in [5.41, 5.74) is 2.34. The maximum atomic E-state index is 10.7. The van der Waals surface area contributed by atoms with E-state index in [1.807, 2.05) is 48.5 Å². The molecule has 3 rings (SSSR count). The molecule has 0 radical (unpaired) electrons. The fraction of sp³-hybridized carbons (Fsp3) is 0.158. The van der Waals surface area contributed by atoms with Crippen LogP contribution in [0, 0.1) is 0 Å². The van der Waals surface area contributed by atoms with E-state index in [0.717, 1.165) is 10.9 Å². The van der Waals surface area contributed by atoms with Gasteiger partial charge in [-0.2, -0.15) is 0 Å². The lowest BCUT2D eigenvalue weighted by Crippen LogP contribution is -2.20. The number of hydrogen-bond acceptors (Lipinski definition) is 4. The van der Waals surface area contributed by atoms with Crippen LogP contribution in [0.15, 0.2) is 54.6 Å². The highest BCUT2D eigenvalue weighted by molar-refractivity contribution is 5.86. The number of ether oxygens (including phenoxy) is 2. The summed E-state index contributed by atoms with van der Waals surface area (Å²) >= 11 is 0. The van der Waals surface area contributed by atoms with E-state index in [4.69, 9.17) is 14.6 Å². The van der Waals surface area contributed by atoms with E-state index in [-0.39, 0.29) is 6.54 Å². The second-order valence-corrected chi connectivity index (χ2v) is 5.43. The molecule has 0 saturated carbocycles. The van der Waals surface area contributed by atoms with Crippen molar-refractivity contribution in [1.82, 2.24) is 10.3 Å². The summed E-state index contributed by atoms with van der Waals surface area (Å²) in [4.78, 5) is 15.2. The SMILES string of the molecule is COc1ccc2nc(CNC(=O)O)cc(OCc3ccccc3)c2c1. The van der Waals surface area contributed by atoms with Crippen LogP contribution < -0.4 is 14.8 Å². The van der Waals surface area contributed by atoms with Crippen LogP contribution in [0.4, 0.5) is 4.79 Å². The molecule has 0 aliphatic heterocycles. The van der Waals surface area contributed by atoms with Gasteiger partial charge < -0.3 is 19.9 Å². The van der Waals surface area contributed by atoms with Gasteiger partial charge in [-0.15, -0.1) is 0 Å². The molecule has 1 aromatic heterocycles. The summed E-state index contributed by atoms with van der Waals surface area (Å²) in [5, 5.41) is 11.9. The van der Waals surface area contributed by atoms with Gasteiger partial charge in [0.25, 0.3) is 0 Å². The number of aromatic nitrogens is 1.